The van der Waals surface area contributed by atoms with Crippen LogP contribution in [0, 0.1) is 5.82 Å². The number of benzene rings is 2. The second kappa shape index (κ2) is 12.3. The Labute approximate surface area is 199 Å². The van der Waals surface area contributed by atoms with Gasteiger partial charge in [-0.3, -0.25) is 4.79 Å². The highest BCUT2D eigenvalue weighted by Gasteiger charge is 2.07. The Bertz CT molecular complexity index is 1000. The number of nitrogens with one attached hydrogen (secondary N) is 3. The van der Waals surface area contributed by atoms with Crippen LogP contribution >= 0.6 is 24.0 Å². The number of likely N-dealkylation sites (N-methyl/N-ethyl adjacent to an activating group) is 1. The average molecular weight is 537 g/mol. The van der Waals surface area contributed by atoms with Gasteiger partial charge in [-0.2, -0.15) is 0 Å². The monoisotopic (exact) mass is 537 g/mol. The molecule has 0 aliphatic heterocycles. The number of aromatic amines is 1. The molecular formula is C23H29FIN5O. The lowest BCUT2D eigenvalue weighted by Gasteiger charge is -2.14. The van der Waals surface area contributed by atoms with Crippen LogP contribution in [-0.2, 0) is 17.6 Å². The van der Waals surface area contributed by atoms with Gasteiger partial charge in [0, 0.05) is 44.3 Å². The molecule has 3 N–H and O–H groups in total. The van der Waals surface area contributed by atoms with Crippen LogP contribution in [0.2, 0.25) is 0 Å². The largest absolute Gasteiger partial charge is 0.361 e. The Morgan fingerprint density at radius 1 is 1.06 bits per heavy atom. The topological polar surface area (TPSA) is 72.5 Å². The third-order valence-corrected chi connectivity index (χ3v) is 4.84. The van der Waals surface area contributed by atoms with Crippen molar-refractivity contribution in [2.75, 3.05) is 33.7 Å². The summed E-state index contributed by atoms with van der Waals surface area (Å²) in [5.41, 5.74) is 3.18. The molecule has 166 valence electrons. The highest BCUT2D eigenvalue weighted by Crippen LogP contribution is 2.19. The number of guanidine groups is 1. The third-order valence-electron chi connectivity index (χ3n) is 4.84. The molecule has 3 aromatic rings. The Morgan fingerprint density at radius 3 is 2.48 bits per heavy atom. The normalized spacial score (nSPS) is 11.1. The highest BCUT2D eigenvalue weighted by atomic mass is 127. The number of carbonyl (C=O) groups is 1. The van der Waals surface area contributed by atoms with Crippen molar-refractivity contribution in [1.82, 2.24) is 20.5 Å². The quantitative estimate of drug-likeness (QED) is 0.235. The number of aliphatic imine (C=N–C) groups is 1. The van der Waals surface area contributed by atoms with Crippen molar-refractivity contribution in [3.63, 3.8) is 0 Å². The molecule has 31 heavy (non-hydrogen) atoms. The van der Waals surface area contributed by atoms with E-state index >= 15 is 0 Å². The third kappa shape index (κ3) is 7.54. The number of amides is 1. The first-order chi connectivity index (χ1) is 14.5. The zero-order valence-corrected chi connectivity index (χ0v) is 20.2. The van der Waals surface area contributed by atoms with Gasteiger partial charge in [-0.15, -0.1) is 24.0 Å². The van der Waals surface area contributed by atoms with E-state index in [9.17, 15) is 9.18 Å². The minimum absolute atomic E-state index is 0. The molecule has 0 bridgehead atoms. The van der Waals surface area contributed by atoms with Crippen molar-refractivity contribution in [3.05, 3.63) is 71.7 Å². The fourth-order valence-corrected chi connectivity index (χ4v) is 3.11. The minimum Gasteiger partial charge on any atom is -0.361 e. The van der Waals surface area contributed by atoms with Crippen molar-refractivity contribution in [2.45, 2.75) is 12.8 Å². The van der Waals surface area contributed by atoms with Crippen LogP contribution in [0.5, 0.6) is 0 Å². The van der Waals surface area contributed by atoms with Gasteiger partial charge in [0.25, 0.3) is 0 Å². The molecule has 0 aliphatic carbocycles. The van der Waals surface area contributed by atoms with Gasteiger partial charge in [0.05, 0.1) is 0 Å². The second-order valence-electron chi connectivity index (χ2n) is 7.30. The van der Waals surface area contributed by atoms with E-state index in [0.717, 1.165) is 22.9 Å². The van der Waals surface area contributed by atoms with Crippen LogP contribution in [0.25, 0.3) is 10.9 Å². The van der Waals surface area contributed by atoms with Gasteiger partial charge in [-0.25, -0.2) is 9.38 Å². The number of halogens is 2. The number of nitrogens with zero attached hydrogens (tertiary/aromatic N) is 2. The number of hydrogen-bond acceptors (Lipinski definition) is 2. The number of carbonyl (C=O) groups excluding carboxylic acids is 1. The first-order valence-electron chi connectivity index (χ1n) is 10.0. The van der Waals surface area contributed by atoms with Gasteiger partial charge < -0.3 is 20.5 Å². The van der Waals surface area contributed by atoms with E-state index in [1.165, 1.54) is 16.5 Å². The van der Waals surface area contributed by atoms with Crippen LogP contribution in [0.1, 0.15) is 11.1 Å². The molecule has 1 amide bonds. The lowest BCUT2D eigenvalue weighted by atomic mass is 10.1. The smallest absolute Gasteiger partial charge is 0.243 e. The predicted molar refractivity (Wildman–Crippen MR) is 135 cm³/mol. The molecule has 0 spiro atoms. The van der Waals surface area contributed by atoms with Gasteiger partial charge in [0.1, 0.15) is 12.4 Å². The molecule has 6 nitrogen and oxygen atoms in total. The van der Waals surface area contributed by atoms with E-state index in [2.05, 4.69) is 32.7 Å². The summed E-state index contributed by atoms with van der Waals surface area (Å²) in [6.07, 6.45) is 3.45. The van der Waals surface area contributed by atoms with E-state index < -0.39 is 0 Å². The van der Waals surface area contributed by atoms with E-state index in [0.29, 0.717) is 25.5 Å². The molecule has 0 radical (unpaired) electrons. The Hall–Kier alpha value is -2.62. The lowest BCUT2D eigenvalue weighted by Crippen LogP contribution is -2.40. The fourth-order valence-electron chi connectivity index (χ4n) is 3.11. The number of H-pyrrole nitrogens is 1. The fraction of sp³-hybridized carbons (Fsp3) is 0.304. The van der Waals surface area contributed by atoms with Crippen LogP contribution in [-0.4, -0.2) is 55.5 Å². The van der Waals surface area contributed by atoms with E-state index in [4.69, 9.17) is 0 Å². The summed E-state index contributed by atoms with van der Waals surface area (Å²) >= 11 is 0. The van der Waals surface area contributed by atoms with Crippen molar-refractivity contribution in [1.29, 1.82) is 0 Å². The summed E-state index contributed by atoms with van der Waals surface area (Å²) in [6, 6.07) is 14.9. The van der Waals surface area contributed by atoms with Crippen molar-refractivity contribution in [3.8, 4) is 0 Å². The number of rotatable bonds is 8. The molecule has 0 saturated carbocycles. The molecular weight excluding hydrogens is 508 g/mol. The van der Waals surface area contributed by atoms with Crippen LogP contribution in [0.3, 0.4) is 0 Å². The maximum Gasteiger partial charge on any atom is 0.243 e. The molecule has 0 fully saturated rings. The summed E-state index contributed by atoms with van der Waals surface area (Å²) in [5, 5.41) is 7.45. The number of aromatic nitrogens is 1. The minimum atomic E-state index is -0.247. The summed E-state index contributed by atoms with van der Waals surface area (Å²) in [6.45, 7) is 1.38. The predicted octanol–water partition coefficient (Wildman–Crippen LogP) is 3.33. The summed E-state index contributed by atoms with van der Waals surface area (Å²) in [7, 11) is 3.42. The lowest BCUT2D eigenvalue weighted by molar-refractivity contribution is -0.127. The Kier molecular flexibility index (Phi) is 9.77. The molecule has 3 rings (SSSR count). The average Bonchev–Trinajstić information content (AvgIpc) is 3.14. The molecule has 8 heteroatoms. The van der Waals surface area contributed by atoms with Crippen molar-refractivity contribution < 1.29 is 9.18 Å². The van der Waals surface area contributed by atoms with Gasteiger partial charge in [0.15, 0.2) is 5.96 Å². The van der Waals surface area contributed by atoms with Crippen LogP contribution in [0.15, 0.2) is 59.7 Å². The molecule has 0 atom stereocenters. The Morgan fingerprint density at radius 2 is 1.77 bits per heavy atom. The molecule has 1 aromatic heterocycles. The van der Waals surface area contributed by atoms with Crippen molar-refractivity contribution >= 4 is 46.7 Å². The first-order valence-corrected chi connectivity index (χ1v) is 10.0. The Balaban J connectivity index is 0.00000341. The number of hydrogen-bond donors (Lipinski definition) is 3. The number of fused-ring (bicyclic) bond motifs is 1. The molecule has 0 unspecified atom stereocenters. The van der Waals surface area contributed by atoms with E-state index in [-0.39, 0.29) is 42.2 Å². The van der Waals surface area contributed by atoms with Crippen LogP contribution < -0.4 is 10.6 Å². The summed E-state index contributed by atoms with van der Waals surface area (Å²) in [5.74, 6) is 0.279. The molecule has 2 aromatic carbocycles. The van der Waals surface area contributed by atoms with Gasteiger partial charge in [0.2, 0.25) is 5.91 Å². The standard InChI is InChI=1S/C23H28FN5O.HI/c1-29(2)22(30)16-28-23(25-12-10-17-6-4-3-5-7-17)26-13-11-18-15-27-21-9-8-19(24)14-20(18)21;/h3-9,14-15,27H,10-13,16H2,1-2H3,(H2,25,26,28);1H. The summed E-state index contributed by atoms with van der Waals surface area (Å²) < 4.78 is 13.6. The second-order valence-corrected chi connectivity index (χ2v) is 7.30. The van der Waals surface area contributed by atoms with E-state index in [1.54, 1.807) is 26.2 Å². The zero-order valence-electron chi connectivity index (χ0n) is 17.8. The van der Waals surface area contributed by atoms with E-state index in [1.807, 2.05) is 24.4 Å². The molecule has 0 aliphatic rings. The summed E-state index contributed by atoms with van der Waals surface area (Å²) in [4.78, 5) is 21.0. The van der Waals surface area contributed by atoms with Gasteiger partial charge in [-0.05, 0) is 42.2 Å². The maximum atomic E-state index is 13.6. The van der Waals surface area contributed by atoms with Gasteiger partial charge >= 0.3 is 0 Å². The molecule has 1 heterocycles. The zero-order chi connectivity index (χ0) is 21.3. The first kappa shape index (κ1) is 24.6. The van der Waals surface area contributed by atoms with Crippen molar-refractivity contribution in [2.24, 2.45) is 4.99 Å². The van der Waals surface area contributed by atoms with Gasteiger partial charge in [-0.1, -0.05) is 30.3 Å². The SMILES string of the molecule is CN(C)C(=O)CN=C(NCCc1ccccc1)NCCc1c[nH]c2ccc(F)cc12.I. The maximum absolute atomic E-state index is 13.6. The molecule has 0 saturated heterocycles. The highest BCUT2D eigenvalue weighted by molar-refractivity contribution is 14.0. The van der Waals surface area contributed by atoms with Crippen LogP contribution in [0.4, 0.5) is 4.39 Å².